The van der Waals surface area contributed by atoms with Crippen LogP contribution in [0.2, 0.25) is 0 Å². The first-order chi connectivity index (χ1) is 5.31. The van der Waals surface area contributed by atoms with Gasteiger partial charge in [-0.1, -0.05) is 12.2 Å². The maximum atomic E-state index is 11.3. The van der Waals surface area contributed by atoms with Crippen molar-refractivity contribution in [3.8, 4) is 0 Å². The van der Waals surface area contributed by atoms with E-state index in [0.29, 0.717) is 11.8 Å². The van der Waals surface area contributed by atoms with Crippen LogP contribution >= 0.6 is 0 Å². The van der Waals surface area contributed by atoms with Gasteiger partial charge in [-0.25, -0.2) is 0 Å². The van der Waals surface area contributed by atoms with E-state index >= 15 is 0 Å². The van der Waals surface area contributed by atoms with Crippen LogP contribution in [0.5, 0.6) is 0 Å². The van der Waals surface area contributed by atoms with Gasteiger partial charge < -0.3 is 5.32 Å². The SMILES string of the molecule is CNC(=O)[C@@H]1C[C@H]2C=C[C@@H]1C2. The zero-order valence-electron chi connectivity index (χ0n) is 6.71. The number of fused-ring (bicyclic) bond motifs is 2. The molecule has 11 heavy (non-hydrogen) atoms. The van der Waals surface area contributed by atoms with E-state index in [1.807, 2.05) is 0 Å². The molecule has 60 valence electrons. The van der Waals surface area contributed by atoms with Gasteiger partial charge in [0, 0.05) is 13.0 Å². The number of carbonyl (C=O) groups excluding carboxylic acids is 1. The summed E-state index contributed by atoms with van der Waals surface area (Å²) in [5.74, 6) is 1.74. The van der Waals surface area contributed by atoms with Crippen molar-refractivity contribution in [3.05, 3.63) is 12.2 Å². The third kappa shape index (κ3) is 0.971. The van der Waals surface area contributed by atoms with E-state index in [9.17, 15) is 4.79 Å². The van der Waals surface area contributed by atoms with Gasteiger partial charge in [-0.05, 0) is 24.7 Å². The molecule has 1 amide bonds. The summed E-state index contributed by atoms with van der Waals surface area (Å²) in [7, 11) is 1.72. The lowest BCUT2D eigenvalue weighted by molar-refractivity contribution is -0.125. The number of hydrogen-bond acceptors (Lipinski definition) is 1. The van der Waals surface area contributed by atoms with Crippen LogP contribution in [-0.2, 0) is 4.79 Å². The Morgan fingerprint density at radius 3 is 2.73 bits per heavy atom. The second-order valence-corrected chi connectivity index (χ2v) is 3.50. The number of nitrogens with one attached hydrogen (secondary N) is 1. The summed E-state index contributed by atoms with van der Waals surface area (Å²) in [6, 6.07) is 0. The molecule has 0 aliphatic heterocycles. The maximum absolute atomic E-state index is 11.3. The van der Waals surface area contributed by atoms with Crippen molar-refractivity contribution >= 4 is 5.91 Å². The maximum Gasteiger partial charge on any atom is 0.223 e. The molecule has 2 aliphatic rings. The summed E-state index contributed by atoms with van der Waals surface area (Å²) in [6.45, 7) is 0. The second-order valence-electron chi connectivity index (χ2n) is 3.50. The summed E-state index contributed by atoms with van der Waals surface area (Å²) in [6.07, 6.45) is 6.73. The first kappa shape index (κ1) is 6.89. The van der Waals surface area contributed by atoms with E-state index in [0.717, 1.165) is 6.42 Å². The third-order valence-electron chi connectivity index (χ3n) is 2.86. The van der Waals surface area contributed by atoms with Crippen molar-refractivity contribution in [2.45, 2.75) is 12.8 Å². The smallest absolute Gasteiger partial charge is 0.223 e. The standard InChI is InChI=1S/C9H13NO/c1-10-9(11)8-5-6-2-3-7(8)4-6/h2-3,6-8H,4-5H2,1H3,(H,10,11)/t6-,7+,8+/m0/s1. The predicted octanol–water partition coefficient (Wildman–Crippen LogP) is 0.945. The Kier molecular flexibility index (Phi) is 1.48. The van der Waals surface area contributed by atoms with Gasteiger partial charge in [0.15, 0.2) is 0 Å². The van der Waals surface area contributed by atoms with Gasteiger partial charge in [-0.2, -0.15) is 0 Å². The largest absolute Gasteiger partial charge is 0.359 e. The fourth-order valence-corrected chi connectivity index (χ4v) is 2.27. The molecule has 2 nitrogen and oxygen atoms in total. The monoisotopic (exact) mass is 151 g/mol. The van der Waals surface area contributed by atoms with Crippen molar-refractivity contribution in [1.29, 1.82) is 0 Å². The van der Waals surface area contributed by atoms with E-state index in [4.69, 9.17) is 0 Å². The van der Waals surface area contributed by atoms with E-state index in [1.165, 1.54) is 6.42 Å². The second kappa shape index (κ2) is 2.36. The zero-order chi connectivity index (χ0) is 7.84. The molecule has 2 aliphatic carbocycles. The normalized spacial score (nSPS) is 39.5. The quantitative estimate of drug-likeness (QED) is 0.555. The van der Waals surface area contributed by atoms with Crippen LogP contribution in [-0.4, -0.2) is 13.0 Å². The number of allylic oxidation sites excluding steroid dienone is 2. The van der Waals surface area contributed by atoms with Crippen molar-refractivity contribution in [2.24, 2.45) is 17.8 Å². The van der Waals surface area contributed by atoms with Crippen LogP contribution in [0.4, 0.5) is 0 Å². The fourth-order valence-electron chi connectivity index (χ4n) is 2.27. The van der Waals surface area contributed by atoms with Crippen LogP contribution in [0, 0.1) is 17.8 Å². The third-order valence-corrected chi connectivity index (χ3v) is 2.86. The molecule has 0 heterocycles. The van der Waals surface area contributed by atoms with E-state index in [-0.39, 0.29) is 11.8 Å². The molecule has 2 rings (SSSR count). The van der Waals surface area contributed by atoms with Gasteiger partial charge in [0.25, 0.3) is 0 Å². The molecular formula is C9H13NO. The zero-order valence-corrected chi connectivity index (χ0v) is 6.71. The number of amides is 1. The average molecular weight is 151 g/mol. The Balaban J connectivity index is 2.08. The number of rotatable bonds is 1. The van der Waals surface area contributed by atoms with Crippen LogP contribution in [0.25, 0.3) is 0 Å². The van der Waals surface area contributed by atoms with E-state index in [1.54, 1.807) is 7.05 Å². The molecule has 3 atom stereocenters. The molecule has 0 saturated heterocycles. The van der Waals surface area contributed by atoms with Crippen LogP contribution in [0.3, 0.4) is 0 Å². The minimum atomic E-state index is 0.224. The summed E-state index contributed by atoms with van der Waals surface area (Å²) >= 11 is 0. The molecule has 1 saturated carbocycles. The summed E-state index contributed by atoms with van der Waals surface area (Å²) in [4.78, 5) is 11.3. The summed E-state index contributed by atoms with van der Waals surface area (Å²) in [5, 5.41) is 2.72. The van der Waals surface area contributed by atoms with Crippen LogP contribution in [0.1, 0.15) is 12.8 Å². The van der Waals surface area contributed by atoms with Gasteiger partial charge in [0.05, 0.1) is 0 Å². The minimum absolute atomic E-state index is 0.224. The van der Waals surface area contributed by atoms with Crippen molar-refractivity contribution in [1.82, 2.24) is 5.32 Å². The Morgan fingerprint density at radius 1 is 1.45 bits per heavy atom. The molecule has 1 fully saturated rings. The molecular weight excluding hydrogens is 138 g/mol. The molecule has 2 heteroatoms. The number of hydrogen-bond donors (Lipinski definition) is 1. The van der Waals surface area contributed by atoms with Crippen molar-refractivity contribution in [2.75, 3.05) is 7.05 Å². The van der Waals surface area contributed by atoms with Crippen molar-refractivity contribution < 1.29 is 4.79 Å². The van der Waals surface area contributed by atoms with Crippen LogP contribution < -0.4 is 5.32 Å². The van der Waals surface area contributed by atoms with Crippen molar-refractivity contribution in [3.63, 3.8) is 0 Å². The Bertz CT molecular complexity index is 210. The molecule has 0 spiro atoms. The highest BCUT2D eigenvalue weighted by molar-refractivity contribution is 5.79. The predicted molar refractivity (Wildman–Crippen MR) is 42.9 cm³/mol. The highest BCUT2D eigenvalue weighted by Gasteiger charge is 2.39. The average Bonchev–Trinajstić information content (AvgIpc) is 2.62. The topological polar surface area (TPSA) is 29.1 Å². The Labute approximate surface area is 66.7 Å². The molecule has 0 unspecified atom stereocenters. The molecule has 1 N–H and O–H groups in total. The van der Waals surface area contributed by atoms with Gasteiger partial charge in [-0.15, -0.1) is 0 Å². The highest BCUT2D eigenvalue weighted by atomic mass is 16.1. The molecule has 2 bridgehead atoms. The van der Waals surface area contributed by atoms with E-state index in [2.05, 4.69) is 17.5 Å². The lowest BCUT2D eigenvalue weighted by Gasteiger charge is -2.15. The van der Waals surface area contributed by atoms with Gasteiger partial charge in [0.1, 0.15) is 0 Å². The molecule has 0 aromatic carbocycles. The Morgan fingerprint density at radius 2 is 2.27 bits per heavy atom. The lowest BCUT2D eigenvalue weighted by Crippen LogP contribution is -2.29. The molecule has 0 aromatic rings. The lowest BCUT2D eigenvalue weighted by atomic mass is 9.93. The Hall–Kier alpha value is -0.790. The summed E-state index contributed by atoms with van der Waals surface area (Å²) < 4.78 is 0. The molecule has 0 aromatic heterocycles. The van der Waals surface area contributed by atoms with Gasteiger partial charge in [0.2, 0.25) is 5.91 Å². The number of carbonyl (C=O) groups is 1. The fraction of sp³-hybridized carbons (Fsp3) is 0.667. The van der Waals surface area contributed by atoms with Gasteiger partial charge >= 0.3 is 0 Å². The van der Waals surface area contributed by atoms with Gasteiger partial charge in [-0.3, -0.25) is 4.79 Å². The van der Waals surface area contributed by atoms with Crippen LogP contribution in [0.15, 0.2) is 12.2 Å². The summed E-state index contributed by atoms with van der Waals surface area (Å²) in [5.41, 5.74) is 0. The molecule has 0 radical (unpaired) electrons. The van der Waals surface area contributed by atoms with E-state index < -0.39 is 0 Å². The first-order valence-electron chi connectivity index (χ1n) is 4.21. The first-order valence-corrected chi connectivity index (χ1v) is 4.21. The minimum Gasteiger partial charge on any atom is -0.359 e. The highest BCUT2D eigenvalue weighted by Crippen LogP contribution is 2.43.